The number of hydrogen-bond acceptors (Lipinski definition) is 2. The number of nitrogens with zero attached hydrogens (tertiary/aromatic N) is 1. The molecule has 0 spiro atoms. The summed E-state index contributed by atoms with van der Waals surface area (Å²) in [4.78, 5) is 25.6. The molecular formula is C26H42N2O2. The van der Waals surface area contributed by atoms with Gasteiger partial charge in [-0.15, -0.1) is 0 Å². The summed E-state index contributed by atoms with van der Waals surface area (Å²) in [7, 11) is 1.99. The quantitative estimate of drug-likeness (QED) is 0.665. The van der Waals surface area contributed by atoms with Crippen LogP contribution >= 0.6 is 0 Å². The Kier molecular flexibility index (Phi) is 5.60. The van der Waals surface area contributed by atoms with Crippen LogP contribution in [0.25, 0.3) is 0 Å². The summed E-state index contributed by atoms with van der Waals surface area (Å²) < 4.78 is 0. The van der Waals surface area contributed by atoms with E-state index < -0.39 is 0 Å². The molecule has 0 aromatic heterocycles. The molecule has 4 aliphatic rings. The molecule has 0 radical (unpaired) electrons. The first-order valence-corrected chi connectivity index (χ1v) is 12.3. The third-order valence-corrected chi connectivity index (χ3v) is 10.3. The van der Waals surface area contributed by atoms with Crippen molar-refractivity contribution in [3.05, 3.63) is 11.6 Å². The molecule has 2 amide bonds. The average molecular weight is 415 g/mol. The van der Waals surface area contributed by atoms with Gasteiger partial charge in [0.1, 0.15) is 0 Å². The van der Waals surface area contributed by atoms with Gasteiger partial charge in [-0.25, -0.2) is 0 Å². The Morgan fingerprint density at radius 1 is 1.10 bits per heavy atom. The Balaban J connectivity index is 1.55. The van der Waals surface area contributed by atoms with Crippen molar-refractivity contribution in [3.63, 3.8) is 0 Å². The van der Waals surface area contributed by atoms with E-state index >= 15 is 0 Å². The third-order valence-electron chi connectivity index (χ3n) is 10.3. The second-order valence-corrected chi connectivity index (χ2v) is 11.5. The molecule has 30 heavy (non-hydrogen) atoms. The molecule has 4 nitrogen and oxygen atoms in total. The van der Waals surface area contributed by atoms with Crippen molar-refractivity contribution >= 4 is 11.8 Å². The van der Waals surface area contributed by atoms with Crippen molar-refractivity contribution in [3.8, 4) is 0 Å². The van der Waals surface area contributed by atoms with Gasteiger partial charge in [0.15, 0.2) is 0 Å². The fraction of sp³-hybridized carbons (Fsp3) is 0.846. The number of carbonyl (C=O) groups is 2. The van der Waals surface area contributed by atoms with Crippen LogP contribution in [0.3, 0.4) is 0 Å². The van der Waals surface area contributed by atoms with Crippen LogP contribution in [0.2, 0.25) is 0 Å². The molecule has 1 unspecified atom stereocenters. The zero-order chi connectivity index (χ0) is 21.8. The lowest BCUT2D eigenvalue weighted by atomic mass is 9.47. The molecule has 0 aromatic rings. The molecule has 3 saturated carbocycles. The van der Waals surface area contributed by atoms with Crippen LogP contribution in [0.5, 0.6) is 0 Å². The lowest BCUT2D eigenvalue weighted by Crippen LogP contribution is -2.53. The monoisotopic (exact) mass is 414 g/mol. The van der Waals surface area contributed by atoms with E-state index in [-0.39, 0.29) is 11.8 Å². The molecule has 0 aliphatic heterocycles. The fourth-order valence-electron chi connectivity index (χ4n) is 8.46. The molecule has 4 rings (SSSR count). The molecule has 0 saturated heterocycles. The van der Waals surface area contributed by atoms with Gasteiger partial charge in [0.25, 0.3) is 0 Å². The highest BCUT2D eigenvalue weighted by atomic mass is 16.2. The molecule has 1 N–H and O–H groups in total. The van der Waals surface area contributed by atoms with E-state index in [2.05, 4.69) is 32.2 Å². The summed E-state index contributed by atoms with van der Waals surface area (Å²) in [6, 6.07) is 0.651. The molecule has 0 bridgehead atoms. The Morgan fingerprint density at radius 2 is 1.83 bits per heavy atom. The summed E-state index contributed by atoms with van der Waals surface area (Å²) in [5.74, 6) is 3.27. The number of carbonyl (C=O) groups excluding carboxylic acids is 2. The number of allylic oxidation sites excluding steroid dienone is 1. The Hall–Kier alpha value is -1.32. The number of hydrogen-bond donors (Lipinski definition) is 1. The number of rotatable bonds is 3. The predicted octanol–water partition coefficient (Wildman–Crippen LogP) is 4.94. The summed E-state index contributed by atoms with van der Waals surface area (Å²) >= 11 is 0. The van der Waals surface area contributed by atoms with Crippen LogP contribution < -0.4 is 5.32 Å². The van der Waals surface area contributed by atoms with Gasteiger partial charge in [-0.3, -0.25) is 9.59 Å². The maximum absolute atomic E-state index is 12.0. The van der Waals surface area contributed by atoms with E-state index in [9.17, 15) is 9.59 Å². The average Bonchev–Trinajstić information content (AvgIpc) is 3.03. The molecule has 0 aromatic carbocycles. The van der Waals surface area contributed by atoms with Crippen molar-refractivity contribution in [1.82, 2.24) is 10.2 Å². The highest BCUT2D eigenvalue weighted by Gasteiger charge is 2.59. The van der Waals surface area contributed by atoms with Crippen molar-refractivity contribution < 1.29 is 9.59 Å². The van der Waals surface area contributed by atoms with Gasteiger partial charge in [-0.05, 0) is 92.8 Å². The smallest absolute Gasteiger partial charge is 0.219 e. The van der Waals surface area contributed by atoms with Gasteiger partial charge in [0.2, 0.25) is 11.8 Å². The van der Waals surface area contributed by atoms with Crippen LogP contribution in [0.1, 0.15) is 86.0 Å². The SMILES string of the molecule is CC(=O)N[C@H]1CC[C@@]2(C)C(=CC[C@H]3[C@@H]4CC[C@H](C(C)N(C)C(C)=O)[C@@]4(C)CC[C@@H]32)C1. The van der Waals surface area contributed by atoms with E-state index in [1.54, 1.807) is 19.4 Å². The first kappa shape index (κ1) is 21.9. The van der Waals surface area contributed by atoms with E-state index in [1.807, 2.05) is 11.9 Å². The zero-order valence-corrected chi connectivity index (χ0v) is 20.0. The highest BCUT2D eigenvalue weighted by molar-refractivity contribution is 5.73. The first-order valence-electron chi connectivity index (χ1n) is 12.3. The van der Waals surface area contributed by atoms with Gasteiger partial charge >= 0.3 is 0 Å². The van der Waals surface area contributed by atoms with Gasteiger partial charge < -0.3 is 10.2 Å². The Morgan fingerprint density at radius 3 is 2.50 bits per heavy atom. The van der Waals surface area contributed by atoms with Crippen LogP contribution in [0.4, 0.5) is 0 Å². The van der Waals surface area contributed by atoms with Crippen molar-refractivity contribution in [2.45, 2.75) is 98.1 Å². The molecule has 4 aliphatic carbocycles. The van der Waals surface area contributed by atoms with Gasteiger partial charge in [-0.2, -0.15) is 0 Å². The largest absolute Gasteiger partial charge is 0.353 e. The van der Waals surface area contributed by atoms with Gasteiger partial charge in [-0.1, -0.05) is 25.5 Å². The summed E-state index contributed by atoms with van der Waals surface area (Å²) in [6.45, 7) is 10.7. The Bertz CT molecular complexity index is 745. The summed E-state index contributed by atoms with van der Waals surface area (Å²) in [5, 5.41) is 3.17. The second kappa shape index (κ2) is 7.67. The van der Waals surface area contributed by atoms with E-state index in [1.165, 1.54) is 38.5 Å². The maximum Gasteiger partial charge on any atom is 0.219 e. The molecule has 0 heterocycles. The van der Waals surface area contributed by atoms with Crippen LogP contribution in [0.15, 0.2) is 11.6 Å². The van der Waals surface area contributed by atoms with Crippen molar-refractivity contribution in [2.24, 2.45) is 34.5 Å². The first-order chi connectivity index (χ1) is 14.1. The minimum absolute atomic E-state index is 0.105. The number of nitrogens with one attached hydrogen (secondary N) is 1. The van der Waals surface area contributed by atoms with E-state index in [0.717, 1.165) is 30.6 Å². The number of fused-ring (bicyclic) bond motifs is 5. The maximum atomic E-state index is 12.0. The van der Waals surface area contributed by atoms with Crippen LogP contribution in [-0.2, 0) is 9.59 Å². The van der Waals surface area contributed by atoms with Crippen molar-refractivity contribution in [2.75, 3.05) is 7.05 Å². The summed E-state index contributed by atoms with van der Waals surface area (Å²) in [5.41, 5.74) is 2.30. The van der Waals surface area contributed by atoms with Crippen LogP contribution in [-0.4, -0.2) is 35.8 Å². The minimum atomic E-state index is 0.105. The molecule has 3 fully saturated rings. The van der Waals surface area contributed by atoms with E-state index in [4.69, 9.17) is 0 Å². The minimum Gasteiger partial charge on any atom is -0.353 e. The molecular weight excluding hydrogens is 372 g/mol. The molecule has 4 heteroatoms. The third kappa shape index (κ3) is 3.33. The fourth-order valence-corrected chi connectivity index (χ4v) is 8.46. The highest BCUT2D eigenvalue weighted by Crippen LogP contribution is 2.66. The standard InChI is InChI=1S/C26H42N2O2/c1-16(28(6)18(3)30)22-9-10-23-21-8-7-19-15-20(27-17(2)29)11-13-25(19,4)24(21)12-14-26(22,23)5/h7,16,20-24H,8-15H2,1-6H3,(H,27,29)/t16?,20-,21-,22+,23-,24-,25-,26+/m0/s1. The van der Waals surface area contributed by atoms with Gasteiger partial charge in [0, 0.05) is 33.0 Å². The normalized spacial score (nSPS) is 43.5. The van der Waals surface area contributed by atoms with Gasteiger partial charge in [0.05, 0.1) is 0 Å². The summed E-state index contributed by atoms with van der Waals surface area (Å²) in [6.07, 6.45) is 12.4. The molecule has 168 valence electrons. The Labute approximate surface area is 183 Å². The lowest BCUT2D eigenvalue weighted by Gasteiger charge is -2.58. The van der Waals surface area contributed by atoms with Crippen molar-refractivity contribution in [1.29, 1.82) is 0 Å². The molecule has 8 atom stereocenters. The topological polar surface area (TPSA) is 49.4 Å². The predicted molar refractivity (Wildman–Crippen MR) is 121 cm³/mol. The van der Waals surface area contributed by atoms with E-state index in [0.29, 0.717) is 28.8 Å². The second-order valence-electron chi connectivity index (χ2n) is 11.5. The lowest BCUT2D eigenvalue weighted by molar-refractivity contribution is -0.132. The van der Waals surface area contributed by atoms with Crippen LogP contribution in [0, 0.1) is 34.5 Å². The zero-order valence-electron chi connectivity index (χ0n) is 20.0. The number of amides is 2.